The summed E-state index contributed by atoms with van der Waals surface area (Å²) >= 11 is 0. The van der Waals surface area contributed by atoms with E-state index in [1.165, 1.54) is 44.9 Å². The van der Waals surface area contributed by atoms with Crippen LogP contribution in [0.2, 0.25) is 0 Å². The van der Waals surface area contributed by atoms with Crippen molar-refractivity contribution in [1.29, 1.82) is 0 Å². The van der Waals surface area contributed by atoms with Crippen molar-refractivity contribution in [2.75, 3.05) is 0 Å². The smallest absolute Gasteiger partial charge is 0.0169 e. The van der Waals surface area contributed by atoms with Gasteiger partial charge in [0.2, 0.25) is 0 Å². The summed E-state index contributed by atoms with van der Waals surface area (Å²) in [4.78, 5) is 0. The second kappa shape index (κ2) is 18.0. The van der Waals surface area contributed by atoms with Crippen molar-refractivity contribution in [3.05, 3.63) is 48.6 Å². The van der Waals surface area contributed by atoms with Crippen molar-refractivity contribution in [2.45, 2.75) is 78.1 Å². The Morgan fingerprint density at radius 1 is 0.450 bits per heavy atom. The number of allylic oxidation sites excluding steroid dienone is 8. The van der Waals surface area contributed by atoms with Crippen LogP contribution in [0.1, 0.15) is 78.1 Å². The zero-order valence-electron chi connectivity index (χ0n) is 13.7. The number of hydrogen-bond acceptors (Lipinski definition) is 0. The molecule has 0 aliphatic rings. The molecule has 0 bridgehead atoms. The summed E-state index contributed by atoms with van der Waals surface area (Å²) in [5.74, 6) is 0. The summed E-state index contributed by atoms with van der Waals surface area (Å²) in [5, 5.41) is 0. The molecule has 0 heteroatoms. The van der Waals surface area contributed by atoms with Gasteiger partial charge in [-0.2, -0.15) is 0 Å². The van der Waals surface area contributed by atoms with Crippen molar-refractivity contribution >= 4 is 0 Å². The van der Waals surface area contributed by atoms with Gasteiger partial charge in [0.05, 0.1) is 0 Å². The van der Waals surface area contributed by atoms with Gasteiger partial charge in [-0.3, -0.25) is 0 Å². The molecule has 0 heterocycles. The zero-order valence-corrected chi connectivity index (χ0v) is 13.7. The first-order valence-corrected chi connectivity index (χ1v) is 8.51. The van der Waals surface area contributed by atoms with Crippen LogP contribution >= 0.6 is 0 Å². The maximum absolute atomic E-state index is 2.32. The van der Waals surface area contributed by atoms with Gasteiger partial charge >= 0.3 is 0 Å². The lowest BCUT2D eigenvalue weighted by molar-refractivity contribution is 0.728. The molecule has 0 aliphatic carbocycles. The standard InChI is InChI=1S/C20H34/c1-3-5-7-9-11-13-15-17-19-20-18-16-14-12-10-8-6-4-2/h9,11-12,14-15,17-18,20H,3-8,10,13,16,19H2,1-2H3/b11-9+,14-12+,17-15+,20-18-. The Morgan fingerprint density at radius 3 is 1.30 bits per heavy atom. The molecular formula is C20H34. The SMILES string of the molecule is CCCC/C=C/C/C=C/C/C=C\C/C=C/CCCCC. The van der Waals surface area contributed by atoms with Gasteiger partial charge in [0.25, 0.3) is 0 Å². The van der Waals surface area contributed by atoms with E-state index in [1.807, 2.05) is 0 Å². The summed E-state index contributed by atoms with van der Waals surface area (Å²) < 4.78 is 0. The Hall–Kier alpha value is -1.04. The third kappa shape index (κ3) is 17.0. The molecule has 0 saturated heterocycles. The average molecular weight is 274 g/mol. The second-order valence-corrected chi connectivity index (χ2v) is 5.23. The predicted molar refractivity (Wildman–Crippen MR) is 94.1 cm³/mol. The molecule has 0 spiro atoms. The lowest BCUT2D eigenvalue weighted by Gasteiger charge is -1.90. The van der Waals surface area contributed by atoms with E-state index in [1.54, 1.807) is 0 Å². The van der Waals surface area contributed by atoms with Crippen molar-refractivity contribution in [3.8, 4) is 0 Å². The van der Waals surface area contributed by atoms with Crippen molar-refractivity contribution in [2.24, 2.45) is 0 Å². The van der Waals surface area contributed by atoms with Crippen LogP contribution in [0.15, 0.2) is 48.6 Å². The van der Waals surface area contributed by atoms with Crippen LogP contribution in [0, 0.1) is 0 Å². The van der Waals surface area contributed by atoms with Gasteiger partial charge in [-0.25, -0.2) is 0 Å². The van der Waals surface area contributed by atoms with E-state index < -0.39 is 0 Å². The number of hydrogen-bond donors (Lipinski definition) is 0. The van der Waals surface area contributed by atoms with Gasteiger partial charge in [0, 0.05) is 0 Å². The van der Waals surface area contributed by atoms with Crippen LogP contribution in [-0.4, -0.2) is 0 Å². The third-order valence-electron chi connectivity index (χ3n) is 3.18. The molecule has 20 heavy (non-hydrogen) atoms. The lowest BCUT2D eigenvalue weighted by Crippen LogP contribution is -1.70. The molecular weight excluding hydrogens is 240 g/mol. The number of rotatable bonds is 13. The van der Waals surface area contributed by atoms with E-state index in [0.717, 1.165) is 19.3 Å². The van der Waals surface area contributed by atoms with Crippen molar-refractivity contribution in [3.63, 3.8) is 0 Å². The first-order valence-electron chi connectivity index (χ1n) is 8.51. The third-order valence-corrected chi connectivity index (χ3v) is 3.18. The molecule has 0 fully saturated rings. The Kier molecular flexibility index (Phi) is 17.0. The van der Waals surface area contributed by atoms with Gasteiger partial charge in [0.1, 0.15) is 0 Å². The fourth-order valence-electron chi connectivity index (χ4n) is 1.88. The second-order valence-electron chi connectivity index (χ2n) is 5.23. The molecule has 0 rings (SSSR count). The number of unbranched alkanes of at least 4 members (excludes halogenated alkanes) is 5. The maximum Gasteiger partial charge on any atom is -0.0169 e. The quantitative estimate of drug-likeness (QED) is 0.247. The van der Waals surface area contributed by atoms with Crippen LogP contribution in [0.25, 0.3) is 0 Å². The molecule has 0 amide bonds. The largest absolute Gasteiger partial charge is 0.0882 e. The van der Waals surface area contributed by atoms with Crippen LogP contribution in [0.3, 0.4) is 0 Å². The first-order chi connectivity index (χ1) is 9.91. The maximum atomic E-state index is 2.32. The predicted octanol–water partition coefficient (Wildman–Crippen LogP) is 7.15. The van der Waals surface area contributed by atoms with Gasteiger partial charge in [0.15, 0.2) is 0 Å². The summed E-state index contributed by atoms with van der Waals surface area (Å²) in [6.45, 7) is 4.49. The fourth-order valence-corrected chi connectivity index (χ4v) is 1.88. The van der Waals surface area contributed by atoms with Gasteiger partial charge in [-0.05, 0) is 38.5 Å². The molecule has 0 nitrogen and oxygen atoms in total. The summed E-state index contributed by atoms with van der Waals surface area (Å²) in [6.07, 6.45) is 30.5. The van der Waals surface area contributed by atoms with E-state index >= 15 is 0 Å². The minimum Gasteiger partial charge on any atom is -0.0882 e. The highest BCUT2D eigenvalue weighted by molar-refractivity contribution is 4.99. The zero-order chi connectivity index (χ0) is 14.7. The molecule has 0 unspecified atom stereocenters. The van der Waals surface area contributed by atoms with E-state index in [9.17, 15) is 0 Å². The molecule has 0 atom stereocenters. The average Bonchev–Trinajstić information content (AvgIpc) is 2.47. The van der Waals surface area contributed by atoms with E-state index in [4.69, 9.17) is 0 Å². The van der Waals surface area contributed by atoms with Crippen LogP contribution in [0.5, 0.6) is 0 Å². The van der Waals surface area contributed by atoms with E-state index in [2.05, 4.69) is 62.5 Å². The lowest BCUT2D eigenvalue weighted by atomic mass is 10.2. The minimum atomic E-state index is 1.06. The fraction of sp³-hybridized carbons (Fsp3) is 0.600. The van der Waals surface area contributed by atoms with Gasteiger partial charge in [-0.1, -0.05) is 88.1 Å². The molecule has 0 N–H and O–H groups in total. The molecule has 0 aromatic heterocycles. The molecule has 0 saturated carbocycles. The Labute approximate surface area is 127 Å². The Balaban J connectivity index is 3.36. The van der Waals surface area contributed by atoms with Gasteiger partial charge in [-0.15, -0.1) is 0 Å². The topological polar surface area (TPSA) is 0 Å². The Morgan fingerprint density at radius 2 is 0.850 bits per heavy atom. The summed E-state index contributed by atoms with van der Waals surface area (Å²) in [5.41, 5.74) is 0. The minimum absolute atomic E-state index is 1.06. The van der Waals surface area contributed by atoms with E-state index in [-0.39, 0.29) is 0 Å². The molecule has 0 radical (unpaired) electrons. The molecule has 0 aromatic carbocycles. The summed E-state index contributed by atoms with van der Waals surface area (Å²) in [6, 6.07) is 0. The van der Waals surface area contributed by atoms with Crippen LogP contribution in [0.4, 0.5) is 0 Å². The highest BCUT2D eigenvalue weighted by Crippen LogP contribution is 2.01. The van der Waals surface area contributed by atoms with Crippen LogP contribution < -0.4 is 0 Å². The van der Waals surface area contributed by atoms with Crippen molar-refractivity contribution in [1.82, 2.24) is 0 Å². The van der Waals surface area contributed by atoms with Gasteiger partial charge < -0.3 is 0 Å². The van der Waals surface area contributed by atoms with Crippen molar-refractivity contribution < 1.29 is 0 Å². The van der Waals surface area contributed by atoms with E-state index in [0.29, 0.717) is 0 Å². The monoisotopic (exact) mass is 274 g/mol. The molecule has 114 valence electrons. The normalized spacial score (nSPS) is 12.7. The highest BCUT2D eigenvalue weighted by atomic mass is 13.9. The summed E-state index contributed by atoms with van der Waals surface area (Å²) in [7, 11) is 0. The molecule has 0 aliphatic heterocycles. The highest BCUT2D eigenvalue weighted by Gasteiger charge is 1.80. The molecule has 0 aromatic rings. The van der Waals surface area contributed by atoms with Crippen LogP contribution in [-0.2, 0) is 0 Å². The first kappa shape index (κ1) is 19.0. The Bertz CT molecular complexity index is 278.